The molecule has 3 heteroatoms. The van der Waals surface area contributed by atoms with E-state index in [9.17, 15) is 4.79 Å². The summed E-state index contributed by atoms with van der Waals surface area (Å²) in [6, 6.07) is 7.75. The molecule has 0 heterocycles. The SMILES string of the molecule is CC(C)CCCNC(=O)CC(C)c1ccc(N)cc1. The first-order valence-electron chi connectivity index (χ1n) is 7.11. The molecule has 0 aliphatic carbocycles. The Balaban J connectivity index is 2.29. The van der Waals surface area contributed by atoms with Crippen molar-refractivity contribution in [3.8, 4) is 0 Å². The first-order valence-corrected chi connectivity index (χ1v) is 7.11. The van der Waals surface area contributed by atoms with Gasteiger partial charge in [-0.15, -0.1) is 0 Å². The zero-order valence-electron chi connectivity index (χ0n) is 12.3. The number of carbonyl (C=O) groups excluding carboxylic acids is 1. The molecular formula is C16H26N2O. The third-order valence-corrected chi connectivity index (χ3v) is 3.28. The van der Waals surface area contributed by atoms with Crippen LogP contribution in [0.2, 0.25) is 0 Å². The molecule has 0 aliphatic heterocycles. The van der Waals surface area contributed by atoms with E-state index < -0.39 is 0 Å². The molecule has 0 aliphatic rings. The van der Waals surface area contributed by atoms with Crippen LogP contribution in [0.25, 0.3) is 0 Å². The van der Waals surface area contributed by atoms with Crippen molar-refractivity contribution in [1.29, 1.82) is 0 Å². The number of hydrogen-bond acceptors (Lipinski definition) is 2. The van der Waals surface area contributed by atoms with Gasteiger partial charge in [0.1, 0.15) is 0 Å². The second-order valence-corrected chi connectivity index (χ2v) is 5.66. The van der Waals surface area contributed by atoms with Gasteiger partial charge in [-0.1, -0.05) is 32.9 Å². The summed E-state index contributed by atoms with van der Waals surface area (Å²) in [5, 5.41) is 2.99. The highest BCUT2D eigenvalue weighted by Gasteiger charge is 2.10. The molecule has 3 nitrogen and oxygen atoms in total. The van der Waals surface area contributed by atoms with E-state index in [4.69, 9.17) is 5.73 Å². The van der Waals surface area contributed by atoms with Crippen LogP contribution in [0.3, 0.4) is 0 Å². The quantitative estimate of drug-likeness (QED) is 0.585. The Bertz CT molecular complexity index is 384. The molecule has 1 aromatic rings. The smallest absolute Gasteiger partial charge is 0.220 e. The first kappa shape index (κ1) is 15.5. The van der Waals surface area contributed by atoms with Crippen LogP contribution in [-0.4, -0.2) is 12.5 Å². The number of anilines is 1. The summed E-state index contributed by atoms with van der Waals surface area (Å²) in [6.45, 7) is 7.25. The minimum atomic E-state index is 0.132. The van der Waals surface area contributed by atoms with E-state index in [-0.39, 0.29) is 11.8 Å². The van der Waals surface area contributed by atoms with Gasteiger partial charge in [-0.25, -0.2) is 0 Å². The van der Waals surface area contributed by atoms with E-state index in [1.165, 1.54) is 0 Å². The number of benzene rings is 1. The van der Waals surface area contributed by atoms with Crippen molar-refractivity contribution in [3.05, 3.63) is 29.8 Å². The molecule has 0 saturated heterocycles. The summed E-state index contributed by atoms with van der Waals surface area (Å²) in [5.41, 5.74) is 7.57. The van der Waals surface area contributed by atoms with E-state index in [0.29, 0.717) is 12.3 Å². The second kappa shape index (κ2) is 7.82. The number of nitrogen functional groups attached to an aromatic ring is 1. The topological polar surface area (TPSA) is 55.1 Å². The van der Waals surface area contributed by atoms with Gasteiger partial charge in [0.15, 0.2) is 0 Å². The predicted molar refractivity (Wildman–Crippen MR) is 81.0 cm³/mol. The highest BCUT2D eigenvalue weighted by Crippen LogP contribution is 2.19. The lowest BCUT2D eigenvalue weighted by Gasteiger charge is -2.12. The van der Waals surface area contributed by atoms with Gasteiger partial charge in [0.25, 0.3) is 0 Å². The van der Waals surface area contributed by atoms with Crippen LogP contribution in [0.1, 0.15) is 51.5 Å². The van der Waals surface area contributed by atoms with Gasteiger partial charge in [-0.3, -0.25) is 4.79 Å². The van der Waals surface area contributed by atoms with Gasteiger partial charge in [-0.05, 0) is 42.4 Å². The Morgan fingerprint density at radius 2 is 1.84 bits per heavy atom. The van der Waals surface area contributed by atoms with E-state index in [1.54, 1.807) is 0 Å². The average molecular weight is 262 g/mol. The van der Waals surface area contributed by atoms with E-state index >= 15 is 0 Å². The summed E-state index contributed by atoms with van der Waals surface area (Å²) in [7, 11) is 0. The molecule has 0 fully saturated rings. The van der Waals surface area contributed by atoms with Gasteiger partial charge >= 0.3 is 0 Å². The molecule has 0 saturated carbocycles. The number of rotatable bonds is 7. The molecule has 1 unspecified atom stereocenters. The summed E-state index contributed by atoms with van der Waals surface area (Å²) < 4.78 is 0. The molecule has 0 radical (unpaired) electrons. The van der Waals surface area contributed by atoms with Crippen molar-refractivity contribution in [2.24, 2.45) is 5.92 Å². The minimum Gasteiger partial charge on any atom is -0.399 e. The minimum absolute atomic E-state index is 0.132. The molecule has 1 amide bonds. The fourth-order valence-electron chi connectivity index (χ4n) is 2.03. The van der Waals surface area contributed by atoms with Crippen molar-refractivity contribution in [1.82, 2.24) is 5.32 Å². The van der Waals surface area contributed by atoms with Crippen molar-refractivity contribution in [3.63, 3.8) is 0 Å². The molecule has 3 N–H and O–H groups in total. The molecular weight excluding hydrogens is 236 g/mol. The Hall–Kier alpha value is -1.51. The highest BCUT2D eigenvalue weighted by atomic mass is 16.1. The fourth-order valence-corrected chi connectivity index (χ4v) is 2.03. The Morgan fingerprint density at radius 3 is 2.42 bits per heavy atom. The van der Waals surface area contributed by atoms with Gasteiger partial charge in [0, 0.05) is 18.7 Å². The standard InChI is InChI=1S/C16H26N2O/c1-12(2)5-4-10-18-16(19)11-13(3)14-6-8-15(17)9-7-14/h6-9,12-13H,4-5,10-11,17H2,1-3H3,(H,18,19). The lowest BCUT2D eigenvalue weighted by molar-refractivity contribution is -0.121. The fraction of sp³-hybridized carbons (Fsp3) is 0.562. The number of amides is 1. The van der Waals surface area contributed by atoms with Crippen LogP contribution in [0.15, 0.2) is 24.3 Å². The summed E-state index contributed by atoms with van der Waals surface area (Å²) in [4.78, 5) is 11.8. The Morgan fingerprint density at radius 1 is 1.21 bits per heavy atom. The third-order valence-electron chi connectivity index (χ3n) is 3.28. The van der Waals surface area contributed by atoms with Crippen molar-refractivity contribution in [2.75, 3.05) is 12.3 Å². The number of nitrogens with two attached hydrogens (primary N) is 1. The van der Waals surface area contributed by atoms with Crippen LogP contribution in [-0.2, 0) is 4.79 Å². The van der Waals surface area contributed by atoms with Crippen LogP contribution >= 0.6 is 0 Å². The maximum atomic E-state index is 11.8. The second-order valence-electron chi connectivity index (χ2n) is 5.66. The molecule has 1 aromatic carbocycles. The Kier molecular flexibility index (Phi) is 6.40. The molecule has 0 aromatic heterocycles. The largest absolute Gasteiger partial charge is 0.399 e. The summed E-state index contributed by atoms with van der Waals surface area (Å²) in [5.74, 6) is 1.06. The highest BCUT2D eigenvalue weighted by molar-refractivity contribution is 5.76. The maximum Gasteiger partial charge on any atom is 0.220 e. The van der Waals surface area contributed by atoms with Crippen LogP contribution < -0.4 is 11.1 Å². The number of carbonyl (C=O) groups is 1. The molecule has 1 rings (SSSR count). The molecule has 0 spiro atoms. The van der Waals surface area contributed by atoms with E-state index in [0.717, 1.165) is 30.6 Å². The summed E-state index contributed by atoms with van der Waals surface area (Å²) >= 11 is 0. The van der Waals surface area contributed by atoms with E-state index in [2.05, 4.69) is 26.1 Å². The zero-order chi connectivity index (χ0) is 14.3. The van der Waals surface area contributed by atoms with Gasteiger partial charge in [-0.2, -0.15) is 0 Å². The first-order chi connectivity index (χ1) is 8.99. The average Bonchev–Trinajstić information content (AvgIpc) is 2.35. The van der Waals surface area contributed by atoms with Gasteiger partial charge < -0.3 is 11.1 Å². The van der Waals surface area contributed by atoms with Crippen LogP contribution in [0.4, 0.5) is 5.69 Å². The zero-order valence-corrected chi connectivity index (χ0v) is 12.3. The van der Waals surface area contributed by atoms with Crippen LogP contribution in [0.5, 0.6) is 0 Å². The normalized spacial score (nSPS) is 12.4. The molecule has 106 valence electrons. The molecule has 0 bridgehead atoms. The lowest BCUT2D eigenvalue weighted by Crippen LogP contribution is -2.25. The summed E-state index contributed by atoms with van der Waals surface area (Å²) in [6.07, 6.45) is 2.75. The number of hydrogen-bond donors (Lipinski definition) is 2. The third kappa shape index (κ3) is 6.27. The van der Waals surface area contributed by atoms with Gasteiger partial charge in [0.2, 0.25) is 5.91 Å². The van der Waals surface area contributed by atoms with E-state index in [1.807, 2.05) is 24.3 Å². The molecule has 19 heavy (non-hydrogen) atoms. The molecule has 1 atom stereocenters. The lowest BCUT2D eigenvalue weighted by atomic mass is 9.97. The monoisotopic (exact) mass is 262 g/mol. The van der Waals surface area contributed by atoms with Gasteiger partial charge in [0.05, 0.1) is 0 Å². The predicted octanol–water partition coefficient (Wildman–Crippen LogP) is 3.31. The maximum absolute atomic E-state index is 11.8. The van der Waals surface area contributed by atoms with Crippen molar-refractivity contribution < 1.29 is 4.79 Å². The van der Waals surface area contributed by atoms with Crippen LogP contribution in [0, 0.1) is 5.92 Å². The number of nitrogens with one attached hydrogen (secondary N) is 1. The van der Waals surface area contributed by atoms with Crippen molar-refractivity contribution in [2.45, 2.75) is 46.0 Å². The van der Waals surface area contributed by atoms with Crippen molar-refractivity contribution >= 4 is 11.6 Å². The Labute approximate surface area is 116 Å².